The van der Waals surface area contributed by atoms with Gasteiger partial charge < -0.3 is 9.64 Å². The van der Waals surface area contributed by atoms with Crippen LogP contribution in [0, 0.1) is 0 Å². The van der Waals surface area contributed by atoms with Gasteiger partial charge in [0.15, 0.2) is 0 Å². The molecule has 0 heterocycles. The summed E-state index contributed by atoms with van der Waals surface area (Å²) in [5.41, 5.74) is 0. The van der Waals surface area contributed by atoms with Gasteiger partial charge in [-0.1, -0.05) is 6.92 Å². The van der Waals surface area contributed by atoms with Crippen LogP contribution in [0.25, 0.3) is 0 Å². The molecule has 0 aliphatic heterocycles. The monoisotopic (exact) mass is 173 g/mol. The second-order valence-electron chi connectivity index (χ2n) is 2.76. The third-order valence-electron chi connectivity index (χ3n) is 1.65. The SMILES string of the molecule is CCCN(C)C(=O)CCOCC. The van der Waals surface area contributed by atoms with Gasteiger partial charge >= 0.3 is 0 Å². The van der Waals surface area contributed by atoms with Crippen molar-refractivity contribution in [2.24, 2.45) is 0 Å². The first-order valence-corrected chi connectivity index (χ1v) is 4.54. The first-order chi connectivity index (χ1) is 5.72. The Balaban J connectivity index is 3.43. The molecule has 0 spiro atoms. The molecule has 3 heteroatoms. The zero-order chi connectivity index (χ0) is 9.40. The van der Waals surface area contributed by atoms with E-state index in [9.17, 15) is 4.79 Å². The minimum Gasteiger partial charge on any atom is -0.381 e. The molecule has 0 radical (unpaired) electrons. The molecule has 0 unspecified atom stereocenters. The highest BCUT2D eigenvalue weighted by Crippen LogP contribution is 1.93. The quantitative estimate of drug-likeness (QED) is 0.566. The van der Waals surface area contributed by atoms with Crippen molar-refractivity contribution in [3.05, 3.63) is 0 Å². The number of nitrogens with zero attached hydrogens (tertiary/aromatic N) is 1. The van der Waals surface area contributed by atoms with E-state index >= 15 is 0 Å². The number of hydrogen-bond acceptors (Lipinski definition) is 2. The van der Waals surface area contributed by atoms with E-state index in [0.717, 1.165) is 13.0 Å². The van der Waals surface area contributed by atoms with Gasteiger partial charge in [0.1, 0.15) is 0 Å². The van der Waals surface area contributed by atoms with Gasteiger partial charge in [-0.05, 0) is 13.3 Å². The Bertz CT molecular complexity index is 126. The maximum atomic E-state index is 11.3. The van der Waals surface area contributed by atoms with Gasteiger partial charge in [-0.25, -0.2) is 0 Å². The van der Waals surface area contributed by atoms with Gasteiger partial charge in [0.25, 0.3) is 0 Å². The fraction of sp³-hybridized carbons (Fsp3) is 0.889. The molecule has 0 aliphatic carbocycles. The zero-order valence-electron chi connectivity index (χ0n) is 8.30. The van der Waals surface area contributed by atoms with Crippen molar-refractivity contribution < 1.29 is 9.53 Å². The van der Waals surface area contributed by atoms with Crippen LogP contribution in [0.2, 0.25) is 0 Å². The Morgan fingerprint density at radius 1 is 1.42 bits per heavy atom. The third kappa shape index (κ3) is 5.13. The minimum absolute atomic E-state index is 0.172. The molecule has 0 aliphatic rings. The van der Waals surface area contributed by atoms with Crippen LogP contribution in [0.4, 0.5) is 0 Å². The molecule has 0 aromatic rings. The molecule has 72 valence electrons. The van der Waals surface area contributed by atoms with Gasteiger partial charge in [-0.2, -0.15) is 0 Å². The molecular weight excluding hydrogens is 154 g/mol. The van der Waals surface area contributed by atoms with Gasteiger partial charge in [0.2, 0.25) is 5.91 Å². The van der Waals surface area contributed by atoms with Crippen molar-refractivity contribution in [3.8, 4) is 0 Å². The van der Waals surface area contributed by atoms with Crippen LogP contribution < -0.4 is 0 Å². The van der Waals surface area contributed by atoms with E-state index in [-0.39, 0.29) is 5.91 Å². The highest BCUT2D eigenvalue weighted by atomic mass is 16.5. The Labute approximate surface area is 74.7 Å². The van der Waals surface area contributed by atoms with Crippen LogP contribution in [0.5, 0.6) is 0 Å². The fourth-order valence-corrected chi connectivity index (χ4v) is 0.955. The summed E-state index contributed by atoms with van der Waals surface area (Å²) in [5, 5.41) is 0. The molecule has 0 saturated heterocycles. The van der Waals surface area contributed by atoms with Crippen molar-refractivity contribution >= 4 is 5.91 Å². The summed E-state index contributed by atoms with van der Waals surface area (Å²) in [6.45, 7) is 6.06. The summed E-state index contributed by atoms with van der Waals surface area (Å²) < 4.78 is 5.08. The molecule has 0 aromatic carbocycles. The van der Waals surface area contributed by atoms with E-state index in [1.807, 2.05) is 14.0 Å². The Morgan fingerprint density at radius 3 is 2.58 bits per heavy atom. The lowest BCUT2D eigenvalue weighted by Gasteiger charge is -2.15. The second-order valence-corrected chi connectivity index (χ2v) is 2.76. The molecule has 3 nitrogen and oxygen atoms in total. The van der Waals surface area contributed by atoms with Crippen molar-refractivity contribution in [2.45, 2.75) is 26.7 Å². The summed E-state index contributed by atoms with van der Waals surface area (Å²) in [4.78, 5) is 13.0. The molecular formula is C9H19NO2. The highest BCUT2D eigenvalue weighted by molar-refractivity contribution is 5.75. The maximum absolute atomic E-state index is 11.3. The molecule has 0 fully saturated rings. The van der Waals surface area contributed by atoms with E-state index in [4.69, 9.17) is 4.74 Å². The number of amides is 1. The normalized spacial score (nSPS) is 9.92. The van der Waals surface area contributed by atoms with Crippen molar-refractivity contribution in [1.29, 1.82) is 0 Å². The summed E-state index contributed by atoms with van der Waals surface area (Å²) in [5.74, 6) is 0.172. The van der Waals surface area contributed by atoms with E-state index in [1.54, 1.807) is 4.90 Å². The predicted octanol–water partition coefficient (Wildman–Crippen LogP) is 1.28. The molecule has 0 N–H and O–H groups in total. The number of ether oxygens (including phenoxy) is 1. The van der Waals surface area contributed by atoms with Gasteiger partial charge in [-0.3, -0.25) is 4.79 Å². The molecule has 0 bridgehead atoms. The molecule has 0 rings (SSSR count). The summed E-state index contributed by atoms with van der Waals surface area (Å²) in [6, 6.07) is 0. The topological polar surface area (TPSA) is 29.5 Å². The average Bonchev–Trinajstić information content (AvgIpc) is 2.05. The van der Waals surface area contributed by atoms with E-state index in [1.165, 1.54) is 0 Å². The maximum Gasteiger partial charge on any atom is 0.224 e. The van der Waals surface area contributed by atoms with Crippen LogP contribution >= 0.6 is 0 Å². The smallest absolute Gasteiger partial charge is 0.224 e. The van der Waals surface area contributed by atoms with Crippen LogP contribution in [-0.2, 0) is 9.53 Å². The van der Waals surface area contributed by atoms with Gasteiger partial charge in [0.05, 0.1) is 13.0 Å². The number of hydrogen-bond donors (Lipinski definition) is 0. The second kappa shape index (κ2) is 7.10. The van der Waals surface area contributed by atoms with E-state index in [2.05, 4.69) is 6.92 Å². The lowest BCUT2D eigenvalue weighted by atomic mass is 10.3. The lowest BCUT2D eigenvalue weighted by molar-refractivity contribution is -0.131. The molecule has 0 saturated carbocycles. The van der Waals surface area contributed by atoms with Crippen molar-refractivity contribution in [1.82, 2.24) is 4.90 Å². The highest BCUT2D eigenvalue weighted by Gasteiger charge is 2.05. The van der Waals surface area contributed by atoms with E-state index in [0.29, 0.717) is 19.6 Å². The Morgan fingerprint density at radius 2 is 2.08 bits per heavy atom. The van der Waals surface area contributed by atoms with Gasteiger partial charge in [-0.15, -0.1) is 0 Å². The minimum atomic E-state index is 0.172. The zero-order valence-corrected chi connectivity index (χ0v) is 8.30. The van der Waals surface area contributed by atoms with Crippen LogP contribution in [0.15, 0.2) is 0 Å². The third-order valence-corrected chi connectivity index (χ3v) is 1.65. The van der Waals surface area contributed by atoms with Gasteiger partial charge in [0, 0.05) is 20.2 Å². The largest absolute Gasteiger partial charge is 0.381 e. The summed E-state index contributed by atoms with van der Waals surface area (Å²) in [7, 11) is 1.83. The lowest BCUT2D eigenvalue weighted by Crippen LogP contribution is -2.28. The van der Waals surface area contributed by atoms with Crippen LogP contribution in [0.1, 0.15) is 26.7 Å². The first-order valence-electron chi connectivity index (χ1n) is 4.54. The number of carbonyl (C=O) groups excluding carboxylic acids is 1. The number of carbonyl (C=O) groups is 1. The van der Waals surface area contributed by atoms with Crippen LogP contribution in [0.3, 0.4) is 0 Å². The average molecular weight is 173 g/mol. The van der Waals surface area contributed by atoms with Crippen LogP contribution in [-0.4, -0.2) is 37.6 Å². The summed E-state index contributed by atoms with van der Waals surface area (Å²) in [6.07, 6.45) is 1.52. The van der Waals surface area contributed by atoms with E-state index < -0.39 is 0 Å². The van der Waals surface area contributed by atoms with Crippen molar-refractivity contribution in [3.63, 3.8) is 0 Å². The molecule has 0 atom stereocenters. The first kappa shape index (κ1) is 11.4. The molecule has 1 amide bonds. The molecule has 12 heavy (non-hydrogen) atoms. The Hall–Kier alpha value is -0.570. The predicted molar refractivity (Wildman–Crippen MR) is 49.0 cm³/mol. The Kier molecular flexibility index (Phi) is 6.76. The van der Waals surface area contributed by atoms with Crippen molar-refractivity contribution in [2.75, 3.05) is 26.8 Å². The number of rotatable bonds is 6. The molecule has 0 aromatic heterocycles. The fourth-order valence-electron chi connectivity index (χ4n) is 0.955. The summed E-state index contributed by atoms with van der Waals surface area (Å²) >= 11 is 0. The standard InChI is InChI=1S/C9H19NO2/c1-4-7-10(3)9(11)6-8-12-5-2/h4-8H2,1-3H3.